The van der Waals surface area contributed by atoms with Gasteiger partial charge < -0.3 is 14.5 Å². The van der Waals surface area contributed by atoms with E-state index in [1.165, 1.54) is 36.1 Å². The van der Waals surface area contributed by atoms with Gasteiger partial charge in [0.15, 0.2) is 6.10 Å². The average molecular weight is 432 g/mol. The van der Waals surface area contributed by atoms with E-state index in [0.29, 0.717) is 37.6 Å². The number of carbonyl (C=O) groups excluding carboxylic acids is 1. The molecule has 1 saturated heterocycles. The first-order chi connectivity index (χ1) is 14.8. The highest BCUT2D eigenvalue weighted by Gasteiger charge is 2.31. The molecule has 1 fully saturated rings. The van der Waals surface area contributed by atoms with Gasteiger partial charge in [-0.3, -0.25) is 4.79 Å². The van der Waals surface area contributed by atoms with E-state index in [0.717, 1.165) is 18.9 Å². The fraction of sp³-hybridized carbons (Fsp3) is 0.458. The summed E-state index contributed by atoms with van der Waals surface area (Å²) in [4.78, 5) is 16.5. The molecule has 2 aromatic rings. The van der Waals surface area contributed by atoms with Crippen LogP contribution in [0.3, 0.4) is 0 Å². The Morgan fingerprint density at radius 1 is 0.968 bits per heavy atom. The molecule has 0 bridgehead atoms. The third-order valence-corrected chi connectivity index (χ3v) is 6.11. The van der Waals surface area contributed by atoms with Crippen LogP contribution in [0, 0.1) is 0 Å². The zero-order valence-corrected chi connectivity index (χ0v) is 17.6. The van der Waals surface area contributed by atoms with E-state index in [1.54, 1.807) is 17.9 Å². The predicted molar refractivity (Wildman–Crippen MR) is 113 cm³/mol. The van der Waals surface area contributed by atoms with Gasteiger partial charge in [-0.05, 0) is 74.1 Å². The summed E-state index contributed by atoms with van der Waals surface area (Å²) in [6, 6.07) is 11.4. The summed E-state index contributed by atoms with van der Waals surface area (Å²) < 4.78 is 44.9. The summed E-state index contributed by atoms with van der Waals surface area (Å²) in [5.74, 6) is 0.616. The number of alkyl halides is 3. The SMILES string of the molecule is C[C@H](Oc1ccc2c(c1)CCCC2)C(=O)N1CCN(c2cccc(C(F)(F)F)c2)CC1. The van der Waals surface area contributed by atoms with Crippen LogP contribution in [0.2, 0.25) is 0 Å². The molecule has 2 aliphatic rings. The van der Waals surface area contributed by atoms with Crippen molar-refractivity contribution < 1.29 is 22.7 Å². The van der Waals surface area contributed by atoms with Gasteiger partial charge in [-0.2, -0.15) is 13.2 Å². The molecule has 0 radical (unpaired) electrons. The lowest BCUT2D eigenvalue weighted by Gasteiger charge is -2.37. The number of amides is 1. The van der Waals surface area contributed by atoms with Crippen molar-refractivity contribution in [3.8, 4) is 5.75 Å². The highest BCUT2D eigenvalue weighted by atomic mass is 19.4. The molecule has 4 nitrogen and oxygen atoms in total. The summed E-state index contributed by atoms with van der Waals surface area (Å²) in [5, 5.41) is 0. The number of anilines is 1. The molecule has 1 heterocycles. The molecular weight excluding hydrogens is 405 g/mol. The number of hydrogen-bond donors (Lipinski definition) is 0. The molecule has 0 spiro atoms. The lowest BCUT2D eigenvalue weighted by atomic mass is 9.92. The van der Waals surface area contributed by atoms with Gasteiger partial charge in [-0.25, -0.2) is 0 Å². The van der Waals surface area contributed by atoms with Crippen LogP contribution in [0.1, 0.15) is 36.5 Å². The summed E-state index contributed by atoms with van der Waals surface area (Å²) in [7, 11) is 0. The van der Waals surface area contributed by atoms with E-state index < -0.39 is 17.8 Å². The molecule has 1 aliphatic heterocycles. The Bertz CT molecular complexity index is 937. The normalized spacial score (nSPS) is 17.8. The fourth-order valence-electron chi connectivity index (χ4n) is 4.36. The number of benzene rings is 2. The maximum Gasteiger partial charge on any atom is 0.416 e. The van der Waals surface area contributed by atoms with Crippen molar-refractivity contribution in [2.75, 3.05) is 31.1 Å². The van der Waals surface area contributed by atoms with E-state index in [9.17, 15) is 18.0 Å². The zero-order chi connectivity index (χ0) is 22.0. The van der Waals surface area contributed by atoms with Gasteiger partial charge in [0.2, 0.25) is 0 Å². The Morgan fingerprint density at radius 3 is 2.39 bits per heavy atom. The highest BCUT2D eigenvalue weighted by Crippen LogP contribution is 2.32. The van der Waals surface area contributed by atoms with E-state index >= 15 is 0 Å². The Labute approximate surface area is 180 Å². The average Bonchev–Trinajstić information content (AvgIpc) is 2.78. The van der Waals surface area contributed by atoms with Crippen molar-refractivity contribution in [1.82, 2.24) is 4.90 Å². The number of ether oxygens (including phenoxy) is 1. The van der Waals surface area contributed by atoms with Crippen molar-refractivity contribution in [1.29, 1.82) is 0 Å². The second-order valence-electron chi connectivity index (χ2n) is 8.26. The first-order valence-electron chi connectivity index (χ1n) is 10.8. The molecule has 1 amide bonds. The molecule has 1 atom stereocenters. The molecule has 166 valence electrons. The van der Waals surface area contributed by atoms with Crippen LogP contribution >= 0.6 is 0 Å². The Balaban J connectivity index is 1.34. The van der Waals surface area contributed by atoms with E-state index in [-0.39, 0.29) is 5.91 Å². The van der Waals surface area contributed by atoms with E-state index in [2.05, 4.69) is 6.07 Å². The largest absolute Gasteiger partial charge is 0.481 e. The van der Waals surface area contributed by atoms with Crippen molar-refractivity contribution in [3.63, 3.8) is 0 Å². The van der Waals surface area contributed by atoms with Crippen LogP contribution in [-0.2, 0) is 23.8 Å². The van der Waals surface area contributed by atoms with Gasteiger partial charge in [-0.15, -0.1) is 0 Å². The second-order valence-corrected chi connectivity index (χ2v) is 8.26. The molecule has 0 aromatic heterocycles. The lowest BCUT2D eigenvalue weighted by molar-refractivity contribution is -0.138. The highest BCUT2D eigenvalue weighted by molar-refractivity contribution is 5.81. The van der Waals surface area contributed by atoms with Gasteiger partial charge in [0.1, 0.15) is 5.75 Å². The first-order valence-corrected chi connectivity index (χ1v) is 10.8. The molecule has 31 heavy (non-hydrogen) atoms. The fourth-order valence-corrected chi connectivity index (χ4v) is 4.36. The topological polar surface area (TPSA) is 32.8 Å². The molecule has 2 aromatic carbocycles. The molecule has 0 saturated carbocycles. The van der Waals surface area contributed by atoms with Gasteiger partial charge >= 0.3 is 6.18 Å². The standard InChI is InChI=1S/C24H27F3N2O2/c1-17(31-22-10-9-18-5-2-3-6-19(18)15-22)23(30)29-13-11-28(12-14-29)21-8-4-7-20(16-21)24(25,26)27/h4,7-10,15-17H,2-3,5-6,11-14H2,1H3/t17-/m0/s1. The minimum absolute atomic E-state index is 0.0959. The van der Waals surface area contributed by atoms with Crippen molar-refractivity contribution >= 4 is 11.6 Å². The second kappa shape index (κ2) is 8.81. The molecule has 1 aliphatic carbocycles. The minimum Gasteiger partial charge on any atom is -0.481 e. The van der Waals surface area contributed by atoms with Gasteiger partial charge in [-0.1, -0.05) is 12.1 Å². The summed E-state index contributed by atoms with van der Waals surface area (Å²) in [5.41, 5.74) is 2.54. The number of carbonyl (C=O) groups is 1. The van der Waals surface area contributed by atoms with Crippen molar-refractivity contribution in [2.45, 2.75) is 44.9 Å². The number of nitrogens with zero attached hydrogens (tertiary/aromatic N) is 2. The summed E-state index contributed by atoms with van der Waals surface area (Å²) in [6.45, 7) is 3.62. The number of piperazine rings is 1. The van der Waals surface area contributed by atoms with Gasteiger partial charge in [0.05, 0.1) is 5.56 Å². The van der Waals surface area contributed by atoms with E-state index in [1.807, 2.05) is 17.0 Å². The molecule has 0 N–H and O–H groups in total. The number of fused-ring (bicyclic) bond motifs is 1. The quantitative estimate of drug-likeness (QED) is 0.702. The zero-order valence-electron chi connectivity index (χ0n) is 17.6. The van der Waals surface area contributed by atoms with Crippen molar-refractivity contribution in [3.05, 3.63) is 59.2 Å². The van der Waals surface area contributed by atoms with Gasteiger partial charge in [0, 0.05) is 31.9 Å². The molecular formula is C24H27F3N2O2. The van der Waals surface area contributed by atoms with Crippen LogP contribution in [0.5, 0.6) is 5.75 Å². The summed E-state index contributed by atoms with van der Waals surface area (Å²) >= 11 is 0. The molecule has 7 heteroatoms. The van der Waals surface area contributed by atoms with Crippen LogP contribution < -0.4 is 9.64 Å². The monoisotopic (exact) mass is 432 g/mol. The number of halogens is 3. The lowest BCUT2D eigenvalue weighted by Crippen LogP contribution is -2.52. The third-order valence-electron chi connectivity index (χ3n) is 6.11. The Kier molecular flexibility index (Phi) is 6.12. The summed E-state index contributed by atoms with van der Waals surface area (Å²) in [6.07, 6.45) is -0.429. The van der Waals surface area contributed by atoms with Crippen molar-refractivity contribution in [2.24, 2.45) is 0 Å². The van der Waals surface area contributed by atoms with Gasteiger partial charge in [0.25, 0.3) is 5.91 Å². The maximum absolute atomic E-state index is 13.0. The number of aryl methyl sites for hydroxylation is 2. The third kappa shape index (κ3) is 4.97. The van der Waals surface area contributed by atoms with Crippen LogP contribution in [-0.4, -0.2) is 43.1 Å². The Morgan fingerprint density at radius 2 is 1.68 bits per heavy atom. The maximum atomic E-state index is 13.0. The number of hydrogen-bond acceptors (Lipinski definition) is 3. The van der Waals surface area contributed by atoms with Crippen LogP contribution in [0.25, 0.3) is 0 Å². The Hall–Kier alpha value is -2.70. The molecule has 4 rings (SSSR count). The predicted octanol–water partition coefficient (Wildman–Crippen LogP) is 4.70. The van der Waals surface area contributed by atoms with Crippen LogP contribution in [0.15, 0.2) is 42.5 Å². The van der Waals surface area contributed by atoms with Crippen LogP contribution in [0.4, 0.5) is 18.9 Å². The number of rotatable bonds is 4. The molecule has 0 unspecified atom stereocenters. The minimum atomic E-state index is -4.36. The van der Waals surface area contributed by atoms with E-state index in [4.69, 9.17) is 4.74 Å². The first kappa shape index (κ1) is 21.5. The smallest absolute Gasteiger partial charge is 0.416 e.